The molecule has 1 saturated heterocycles. The highest BCUT2D eigenvalue weighted by molar-refractivity contribution is 7.92. The second kappa shape index (κ2) is 12.0. The number of hydrogen-bond donors (Lipinski definition) is 2. The summed E-state index contributed by atoms with van der Waals surface area (Å²) in [6.45, 7) is 5.46. The summed E-state index contributed by atoms with van der Waals surface area (Å²) in [6, 6.07) is 13.1. The number of anilines is 1. The first kappa shape index (κ1) is 25.7. The van der Waals surface area contributed by atoms with Crippen molar-refractivity contribution in [2.75, 3.05) is 57.7 Å². The number of nitrogens with zero attached hydrogens (tertiary/aromatic N) is 2. The second-order valence-electron chi connectivity index (χ2n) is 8.26. The molecule has 2 aromatic rings. The summed E-state index contributed by atoms with van der Waals surface area (Å²) in [6.07, 6.45) is 0.764. The number of carbonyl (C=O) groups is 2. The molecule has 1 fully saturated rings. The lowest BCUT2D eigenvalue weighted by molar-refractivity contribution is -0.122. The lowest BCUT2D eigenvalue weighted by Gasteiger charge is -2.34. The Morgan fingerprint density at radius 3 is 2.41 bits per heavy atom. The molecule has 0 atom stereocenters. The fourth-order valence-corrected chi connectivity index (χ4v) is 4.73. The van der Waals surface area contributed by atoms with E-state index in [0.717, 1.165) is 12.0 Å². The van der Waals surface area contributed by atoms with E-state index in [1.54, 1.807) is 36.3 Å². The molecule has 2 N–H and O–H groups in total. The van der Waals surface area contributed by atoms with E-state index in [0.29, 0.717) is 50.6 Å². The second-order valence-corrected chi connectivity index (χ2v) is 9.95. The molecular weight excluding hydrogens is 456 g/mol. The summed E-state index contributed by atoms with van der Waals surface area (Å²) >= 11 is 0. The summed E-state index contributed by atoms with van der Waals surface area (Å²) in [5, 5.41) is 2.86. The van der Waals surface area contributed by atoms with Crippen LogP contribution in [0.3, 0.4) is 0 Å². The number of nitrogens with one attached hydrogen (secondary N) is 2. The zero-order valence-electron chi connectivity index (χ0n) is 19.6. The summed E-state index contributed by atoms with van der Waals surface area (Å²) < 4.78 is 33.1. The van der Waals surface area contributed by atoms with Crippen molar-refractivity contribution in [1.82, 2.24) is 15.1 Å². The van der Waals surface area contributed by atoms with Crippen molar-refractivity contribution in [3.63, 3.8) is 0 Å². The zero-order valence-corrected chi connectivity index (χ0v) is 20.4. The number of carbonyl (C=O) groups excluding carboxylic acids is 2. The third-order valence-corrected chi connectivity index (χ3v) is 6.95. The van der Waals surface area contributed by atoms with Crippen LogP contribution in [0.2, 0.25) is 0 Å². The first-order valence-electron chi connectivity index (χ1n) is 11.3. The highest BCUT2D eigenvalue weighted by atomic mass is 32.2. The molecule has 0 aliphatic carbocycles. The topological polar surface area (TPSA) is 108 Å². The third kappa shape index (κ3) is 7.28. The molecule has 0 spiro atoms. The van der Waals surface area contributed by atoms with Gasteiger partial charge in [-0.15, -0.1) is 0 Å². The van der Waals surface area contributed by atoms with E-state index in [2.05, 4.69) is 10.0 Å². The summed E-state index contributed by atoms with van der Waals surface area (Å²) in [5.41, 5.74) is 1.80. The minimum atomic E-state index is -3.83. The molecule has 9 nitrogen and oxygen atoms in total. The van der Waals surface area contributed by atoms with Gasteiger partial charge in [0.1, 0.15) is 0 Å². The van der Waals surface area contributed by atoms with Gasteiger partial charge in [0, 0.05) is 57.7 Å². The van der Waals surface area contributed by atoms with E-state index in [1.165, 1.54) is 12.1 Å². The first-order chi connectivity index (χ1) is 16.3. The van der Waals surface area contributed by atoms with Gasteiger partial charge < -0.3 is 15.0 Å². The Labute approximate surface area is 201 Å². The average Bonchev–Trinajstić information content (AvgIpc) is 2.83. The van der Waals surface area contributed by atoms with Crippen LogP contribution in [-0.2, 0) is 19.6 Å². The van der Waals surface area contributed by atoms with Crippen LogP contribution in [0.25, 0.3) is 0 Å². The molecule has 0 radical (unpaired) electrons. The lowest BCUT2D eigenvalue weighted by atomic mass is 10.2. The minimum Gasteiger partial charge on any atom is -0.385 e. The van der Waals surface area contributed by atoms with Crippen molar-refractivity contribution in [1.29, 1.82) is 0 Å². The van der Waals surface area contributed by atoms with Crippen molar-refractivity contribution in [2.24, 2.45) is 0 Å². The largest absolute Gasteiger partial charge is 0.385 e. The van der Waals surface area contributed by atoms with E-state index in [1.807, 2.05) is 24.0 Å². The van der Waals surface area contributed by atoms with E-state index in [9.17, 15) is 18.0 Å². The molecule has 34 heavy (non-hydrogen) atoms. The smallest absolute Gasteiger partial charge is 0.261 e. The maximum atomic E-state index is 13.0. The van der Waals surface area contributed by atoms with Gasteiger partial charge in [-0.2, -0.15) is 0 Å². The van der Waals surface area contributed by atoms with Crippen molar-refractivity contribution in [2.45, 2.75) is 18.2 Å². The fraction of sp³-hybridized carbons (Fsp3) is 0.417. The number of methoxy groups -OCH3 is 1. The Kier molecular flexibility index (Phi) is 9.03. The molecule has 2 aromatic carbocycles. The molecule has 0 saturated carbocycles. The van der Waals surface area contributed by atoms with E-state index < -0.39 is 10.0 Å². The van der Waals surface area contributed by atoms with E-state index in [4.69, 9.17) is 4.74 Å². The van der Waals surface area contributed by atoms with Gasteiger partial charge in [-0.05, 0) is 43.7 Å². The first-order valence-corrected chi connectivity index (χ1v) is 12.7. The van der Waals surface area contributed by atoms with Crippen LogP contribution in [-0.4, -0.2) is 83.0 Å². The number of rotatable bonds is 10. The van der Waals surface area contributed by atoms with Crippen molar-refractivity contribution in [3.05, 3.63) is 59.7 Å². The molecular formula is C24H32N4O5S. The number of piperazine rings is 1. The monoisotopic (exact) mass is 488 g/mol. The molecule has 0 aromatic heterocycles. The maximum absolute atomic E-state index is 13.0. The standard InChI is InChI=1S/C24H32N4O5S/c1-19-7-9-21(10-8-19)26-34(31,32)22-6-3-5-20(17-22)24(30)28-14-12-27(13-15-28)18-23(29)25-11-4-16-33-2/h3,5-10,17,26H,4,11-16,18H2,1-2H3,(H,25,29). The quantitative estimate of drug-likeness (QED) is 0.493. The van der Waals surface area contributed by atoms with Gasteiger partial charge >= 0.3 is 0 Å². The predicted molar refractivity (Wildman–Crippen MR) is 130 cm³/mol. The zero-order chi connectivity index (χ0) is 24.6. The van der Waals surface area contributed by atoms with Gasteiger partial charge in [0.2, 0.25) is 5.91 Å². The van der Waals surface area contributed by atoms with Crippen LogP contribution < -0.4 is 10.0 Å². The van der Waals surface area contributed by atoms with Crippen LogP contribution in [0, 0.1) is 6.92 Å². The Hall–Kier alpha value is -2.95. The number of hydrogen-bond acceptors (Lipinski definition) is 6. The predicted octanol–water partition coefficient (Wildman–Crippen LogP) is 1.71. The number of amides is 2. The maximum Gasteiger partial charge on any atom is 0.261 e. The Morgan fingerprint density at radius 1 is 1.03 bits per heavy atom. The highest BCUT2D eigenvalue weighted by Crippen LogP contribution is 2.19. The normalized spacial score (nSPS) is 14.6. The summed E-state index contributed by atoms with van der Waals surface area (Å²) in [7, 11) is -2.20. The molecule has 0 bridgehead atoms. The molecule has 1 aliphatic rings. The fourth-order valence-electron chi connectivity index (χ4n) is 3.63. The Balaban J connectivity index is 1.55. The third-order valence-electron chi connectivity index (χ3n) is 5.57. The van der Waals surface area contributed by atoms with Gasteiger partial charge in [0.25, 0.3) is 15.9 Å². The van der Waals surface area contributed by atoms with Gasteiger partial charge in [-0.3, -0.25) is 19.2 Å². The van der Waals surface area contributed by atoms with Crippen molar-refractivity contribution in [3.8, 4) is 0 Å². The van der Waals surface area contributed by atoms with Crippen LogP contribution in [0.15, 0.2) is 53.4 Å². The van der Waals surface area contributed by atoms with Gasteiger partial charge in [0.15, 0.2) is 0 Å². The van der Waals surface area contributed by atoms with Crippen LogP contribution in [0.5, 0.6) is 0 Å². The van der Waals surface area contributed by atoms with Gasteiger partial charge in [0.05, 0.1) is 11.4 Å². The van der Waals surface area contributed by atoms with Gasteiger partial charge in [-0.25, -0.2) is 8.42 Å². The molecule has 10 heteroatoms. The highest BCUT2D eigenvalue weighted by Gasteiger charge is 2.24. The molecule has 1 aliphatic heterocycles. The summed E-state index contributed by atoms with van der Waals surface area (Å²) in [4.78, 5) is 28.8. The Bertz CT molecular complexity index is 1080. The average molecular weight is 489 g/mol. The number of ether oxygens (including phenoxy) is 1. The minimum absolute atomic E-state index is 0.0303. The van der Waals surface area contributed by atoms with Crippen molar-refractivity contribution < 1.29 is 22.7 Å². The van der Waals surface area contributed by atoms with Crippen LogP contribution in [0.1, 0.15) is 22.3 Å². The van der Waals surface area contributed by atoms with Crippen molar-refractivity contribution >= 4 is 27.5 Å². The SMILES string of the molecule is COCCCNC(=O)CN1CCN(C(=O)c2cccc(S(=O)(=O)Nc3ccc(C)cc3)c2)CC1. The molecule has 184 valence electrons. The van der Waals surface area contributed by atoms with Gasteiger partial charge in [-0.1, -0.05) is 23.8 Å². The molecule has 1 heterocycles. The van der Waals surface area contributed by atoms with E-state index in [-0.39, 0.29) is 23.3 Å². The van der Waals surface area contributed by atoms with E-state index >= 15 is 0 Å². The number of aryl methyl sites for hydroxylation is 1. The number of benzene rings is 2. The van der Waals surface area contributed by atoms with Crippen LogP contribution in [0.4, 0.5) is 5.69 Å². The number of sulfonamides is 1. The molecule has 2 amide bonds. The lowest BCUT2D eigenvalue weighted by Crippen LogP contribution is -2.51. The summed E-state index contributed by atoms with van der Waals surface area (Å²) in [5.74, 6) is -0.272. The molecule has 0 unspecified atom stereocenters. The Morgan fingerprint density at radius 2 is 1.74 bits per heavy atom. The molecule has 3 rings (SSSR count). The van der Waals surface area contributed by atoms with Crippen LogP contribution >= 0.6 is 0 Å².